The summed E-state index contributed by atoms with van der Waals surface area (Å²) >= 11 is 3.28. The number of carboxylic acid groups (broad SMARTS) is 1. The van der Waals surface area contributed by atoms with E-state index in [2.05, 4.69) is 27.3 Å². The van der Waals surface area contributed by atoms with Crippen LogP contribution >= 0.6 is 15.9 Å². The zero-order chi connectivity index (χ0) is 13.5. The number of hydrogen-bond acceptors (Lipinski definition) is 4. The molecule has 0 fully saturated rings. The number of nitrogens with zero attached hydrogens (tertiary/aromatic N) is 1. The largest absolute Gasteiger partial charge is 0.481 e. The summed E-state index contributed by atoms with van der Waals surface area (Å²) in [6.07, 6.45) is -0.514. The lowest BCUT2D eigenvalue weighted by molar-refractivity contribution is -0.139. The molecule has 0 bridgehead atoms. The van der Waals surface area contributed by atoms with E-state index in [9.17, 15) is 4.79 Å². The first kappa shape index (κ1) is 14.5. The molecule has 96 valence electrons. The monoisotopic (exact) mass is 312 g/mol. The van der Waals surface area contributed by atoms with E-state index in [1.54, 1.807) is 12.1 Å². The number of nitrogens with one attached hydrogen (secondary N) is 1. The Balaban J connectivity index is 2.68. The van der Waals surface area contributed by atoms with Gasteiger partial charge in [0.25, 0.3) is 0 Å². The molecule has 1 unspecified atom stereocenters. The average Bonchev–Trinajstić information content (AvgIpc) is 2.34. The zero-order valence-corrected chi connectivity index (χ0v) is 11.4. The molecular weight excluding hydrogens is 300 g/mol. The van der Waals surface area contributed by atoms with Crippen LogP contribution in [0.2, 0.25) is 0 Å². The Bertz CT molecular complexity index is 471. The van der Waals surface area contributed by atoms with Gasteiger partial charge in [-0.2, -0.15) is 5.26 Å². The molecule has 2 N–H and O–H groups in total. The SMILES string of the molecule is COC(CNc1ccc(Br)cc1C#N)CC(=O)O. The highest BCUT2D eigenvalue weighted by Crippen LogP contribution is 2.20. The van der Waals surface area contributed by atoms with Crippen molar-refractivity contribution in [1.29, 1.82) is 5.26 Å². The van der Waals surface area contributed by atoms with E-state index < -0.39 is 12.1 Å². The van der Waals surface area contributed by atoms with Gasteiger partial charge in [-0.05, 0) is 18.2 Å². The summed E-state index contributed by atoms with van der Waals surface area (Å²) in [5.41, 5.74) is 1.16. The third-order valence-electron chi connectivity index (χ3n) is 2.36. The van der Waals surface area contributed by atoms with Crippen LogP contribution in [0.5, 0.6) is 0 Å². The van der Waals surface area contributed by atoms with Crippen LogP contribution in [-0.2, 0) is 9.53 Å². The maximum absolute atomic E-state index is 10.6. The fraction of sp³-hybridized carbons (Fsp3) is 0.333. The number of rotatable bonds is 6. The van der Waals surface area contributed by atoms with E-state index in [0.717, 1.165) is 4.47 Å². The molecule has 0 aliphatic rings. The van der Waals surface area contributed by atoms with Crippen LogP contribution in [-0.4, -0.2) is 30.8 Å². The van der Waals surface area contributed by atoms with Crippen molar-refractivity contribution in [2.45, 2.75) is 12.5 Å². The van der Waals surface area contributed by atoms with Crippen LogP contribution in [0.4, 0.5) is 5.69 Å². The Kier molecular flexibility index (Phi) is 5.62. The first-order valence-corrected chi connectivity index (χ1v) is 6.04. The molecule has 0 saturated heterocycles. The number of carboxylic acids is 1. The summed E-state index contributed by atoms with van der Waals surface area (Å²) in [6, 6.07) is 7.33. The van der Waals surface area contributed by atoms with Crippen molar-refractivity contribution in [1.82, 2.24) is 0 Å². The molecule has 0 saturated carbocycles. The maximum atomic E-state index is 10.6. The number of aliphatic carboxylic acids is 1. The first-order chi connectivity index (χ1) is 8.56. The first-order valence-electron chi connectivity index (χ1n) is 5.25. The molecule has 5 nitrogen and oxygen atoms in total. The third kappa shape index (κ3) is 4.35. The second-order valence-corrected chi connectivity index (χ2v) is 4.55. The smallest absolute Gasteiger partial charge is 0.306 e. The van der Waals surface area contributed by atoms with Crippen molar-refractivity contribution in [3.63, 3.8) is 0 Å². The molecule has 1 rings (SSSR count). The molecule has 1 aromatic carbocycles. The highest BCUT2D eigenvalue weighted by Gasteiger charge is 2.12. The van der Waals surface area contributed by atoms with E-state index in [4.69, 9.17) is 15.1 Å². The van der Waals surface area contributed by atoms with Crippen LogP contribution in [0.1, 0.15) is 12.0 Å². The number of nitriles is 1. The minimum Gasteiger partial charge on any atom is -0.481 e. The average molecular weight is 313 g/mol. The lowest BCUT2D eigenvalue weighted by atomic mass is 10.2. The van der Waals surface area contributed by atoms with Gasteiger partial charge in [0.15, 0.2) is 0 Å². The molecule has 0 aromatic heterocycles. The number of methoxy groups -OCH3 is 1. The number of hydrogen-bond donors (Lipinski definition) is 2. The van der Waals surface area contributed by atoms with Gasteiger partial charge in [-0.25, -0.2) is 0 Å². The number of anilines is 1. The molecule has 0 aliphatic carbocycles. The molecule has 0 amide bonds. The van der Waals surface area contributed by atoms with Gasteiger partial charge in [-0.15, -0.1) is 0 Å². The quantitative estimate of drug-likeness (QED) is 0.841. The normalized spacial score (nSPS) is 11.6. The number of carbonyl (C=O) groups is 1. The summed E-state index contributed by atoms with van der Waals surface area (Å²) in [5.74, 6) is -0.917. The van der Waals surface area contributed by atoms with Crippen molar-refractivity contribution in [3.05, 3.63) is 28.2 Å². The lowest BCUT2D eigenvalue weighted by Gasteiger charge is -2.15. The number of halogens is 1. The van der Waals surface area contributed by atoms with Gasteiger partial charge in [-0.3, -0.25) is 4.79 Å². The fourth-order valence-electron chi connectivity index (χ4n) is 1.42. The lowest BCUT2D eigenvalue weighted by Crippen LogP contribution is -2.25. The Hall–Kier alpha value is -1.58. The Morgan fingerprint density at radius 1 is 1.67 bits per heavy atom. The standard InChI is InChI=1S/C12H13BrN2O3/c1-18-10(5-12(16)17)7-15-11-3-2-9(13)4-8(11)6-14/h2-4,10,15H,5,7H2,1H3,(H,16,17). The minimum absolute atomic E-state index is 0.0814. The summed E-state index contributed by atoms with van der Waals surface area (Å²) in [6.45, 7) is 0.332. The van der Waals surface area contributed by atoms with Gasteiger partial charge in [0.1, 0.15) is 6.07 Å². The van der Waals surface area contributed by atoms with E-state index >= 15 is 0 Å². The molecule has 0 aliphatic heterocycles. The van der Waals surface area contributed by atoms with Crippen LogP contribution in [0.3, 0.4) is 0 Å². The van der Waals surface area contributed by atoms with Crippen molar-refractivity contribution in [2.24, 2.45) is 0 Å². The van der Waals surface area contributed by atoms with Crippen LogP contribution in [0.15, 0.2) is 22.7 Å². The molecule has 0 spiro atoms. The van der Waals surface area contributed by atoms with E-state index in [1.165, 1.54) is 7.11 Å². The molecule has 1 atom stereocenters. The van der Waals surface area contributed by atoms with Crippen LogP contribution in [0.25, 0.3) is 0 Å². The second kappa shape index (κ2) is 6.99. The molecular formula is C12H13BrN2O3. The van der Waals surface area contributed by atoms with Crippen LogP contribution < -0.4 is 5.32 Å². The Morgan fingerprint density at radius 2 is 2.39 bits per heavy atom. The van der Waals surface area contributed by atoms with Crippen molar-refractivity contribution < 1.29 is 14.6 Å². The third-order valence-corrected chi connectivity index (χ3v) is 2.85. The number of ether oxygens (including phenoxy) is 1. The van der Waals surface area contributed by atoms with Gasteiger partial charge in [0.2, 0.25) is 0 Å². The molecule has 0 heterocycles. The van der Waals surface area contributed by atoms with Crippen LogP contribution in [0, 0.1) is 11.3 Å². The molecule has 0 radical (unpaired) electrons. The highest BCUT2D eigenvalue weighted by molar-refractivity contribution is 9.10. The van der Waals surface area contributed by atoms with E-state index in [-0.39, 0.29) is 6.42 Å². The summed E-state index contributed by atoms with van der Waals surface area (Å²) in [4.78, 5) is 10.6. The maximum Gasteiger partial charge on any atom is 0.306 e. The van der Waals surface area contributed by atoms with Crippen molar-refractivity contribution in [2.75, 3.05) is 19.0 Å². The van der Waals surface area contributed by atoms with Gasteiger partial charge in [0.05, 0.1) is 23.8 Å². The Labute approximate surface area is 114 Å². The molecule has 18 heavy (non-hydrogen) atoms. The van der Waals surface area contributed by atoms with Gasteiger partial charge in [0, 0.05) is 18.1 Å². The highest BCUT2D eigenvalue weighted by atomic mass is 79.9. The van der Waals surface area contributed by atoms with E-state index in [1.807, 2.05) is 6.07 Å². The zero-order valence-electron chi connectivity index (χ0n) is 9.81. The van der Waals surface area contributed by atoms with Gasteiger partial charge >= 0.3 is 5.97 Å². The van der Waals surface area contributed by atoms with Gasteiger partial charge in [-0.1, -0.05) is 15.9 Å². The number of benzene rings is 1. The molecule has 1 aromatic rings. The predicted octanol–water partition coefficient (Wildman–Crippen LogP) is 2.22. The summed E-state index contributed by atoms with van der Waals surface area (Å²) in [5, 5.41) is 20.7. The molecule has 6 heteroatoms. The van der Waals surface area contributed by atoms with Crippen molar-refractivity contribution >= 4 is 27.6 Å². The fourth-order valence-corrected chi connectivity index (χ4v) is 1.78. The van der Waals surface area contributed by atoms with Crippen molar-refractivity contribution in [3.8, 4) is 6.07 Å². The van der Waals surface area contributed by atoms with Gasteiger partial charge < -0.3 is 15.2 Å². The summed E-state index contributed by atoms with van der Waals surface area (Å²) < 4.78 is 5.86. The topological polar surface area (TPSA) is 82.3 Å². The van der Waals surface area contributed by atoms with E-state index in [0.29, 0.717) is 17.8 Å². The summed E-state index contributed by atoms with van der Waals surface area (Å²) in [7, 11) is 1.46. The Morgan fingerprint density at radius 3 is 2.94 bits per heavy atom. The predicted molar refractivity (Wildman–Crippen MR) is 70.4 cm³/mol. The minimum atomic E-state index is -0.917. The second-order valence-electron chi connectivity index (χ2n) is 3.64.